The predicted octanol–water partition coefficient (Wildman–Crippen LogP) is 3.05. The van der Waals surface area contributed by atoms with Gasteiger partial charge in [-0.2, -0.15) is 0 Å². The van der Waals surface area contributed by atoms with Crippen LogP contribution in [0.15, 0.2) is 18.2 Å². The number of carbonyl (C=O) groups is 1. The molecular formula is C12H14F2O2. The summed E-state index contributed by atoms with van der Waals surface area (Å²) in [6, 6.07) is 3.41. The minimum atomic E-state index is -0.940. The lowest BCUT2D eigenvalue weighted by Gasteiger charge is -2.16. The van der Waals surface area contributed by atoms with Gasteiger partial charge in [-0.25, -0.2) is 8.78 Å². The van der Waals surface area contributed by atoms with Crippen molar-refractivity contribution in [3.63, 3.8) is 0 Å². The molecule has 1 aromatic carbocycles. The zero-order valence-electron chi connectivity index (χ0n) is 9.51. The van der Waals surface area contributed by atoms with Gasteiger partial charge in [-0.15, -0.1) is 0 Å². The Kier molecular flexibility index (Phi) is 3.62. The monoisotopic (exact) mass is 228 g/mol. The van der Waals surface area contributed by atoms with Gasteiger partial charge in [0.1, 0.15) is 6.61 Å². The predicted molar refractivity (Wildman–Crippen MR) is 55.6 cm³/mol. The fraction of sp³-hybridized carbons (Fsp3) is 0.417. The van der Waals surface area contributed by atoms with E-state index in [1.165, 1.54) is 6.07 Å². The zero-order valence-corrected chi connectivity index (χ0v) is 9.51. The highest BCUT2D eigenvalue weighted by Crippen LogP contribution is 2.17. The van der Waals surface area contributed by atoms with Gasteiger partial charge in [0, 0.05) is 0 Å². The van der Waals surface area contributed by atoms with Crippen LogP contribution in [0, 0.1) is 17.0 Å². The highest BCUT2D eigenvalue weighted by atomic mass is 19.2. The highest BCUT2D eigenvalue weighted by molar-refractivity contribution is 5.75. The van der Waals surface area contributed by atoms with Gasteiger partial charge in [0.05, 0.1) is 5.41 Å². The molecule has 1 aromatic rings. The third-order valence-corrected chi connectivity index (χ3v) is 1.97. The Morgan fingerprint density at radius 1 is 1.25 bits per heavy atom. The Labute approximate surface area is 93.2 Å². The van der Waals surface area contributed by atoms with Crippen LogP contribution in [-0.2, 0) is 16.1 Å². The third kappa shape index (κ3) is 3.29. The average molecular weight is 228 g/mol. The van der Waals surface area contributed by atoms with Crippen LogP contribution in [0.1, 0.15) is 26.3 Å². The van der Waals surface area contributed by atoms with Crippen molar-refractivity contribution in [1.29, 1.82) is 0 Å². The molecule has 0 aromatic heterocycles. The van der Waals surface area contributed by atoms with Gasteiger partial charge >= 0.3 is 5.97 Å². The molecule has 0 heterocycles. The maximum absolute atomic E-state index is 12.8. The molecule has 0 aliphatic rings. The Morgan fingerprint density at radius 2 is 1.88 bits per heavy atom. The van der Waals surface area contributed by atoms with Crippen molar-refractivity contribution >= 4 is 5.97 Å². The summed E-state index contributed by atoms with van der Waals surface area (Å²) >= 11 is 0. The maximum Gasteiger partial charge on any atom is 0.311 e. The lowest BCUT2D eigenvalue weighted by atomic mass is 9.97. The van der Waals surface area contributed by atoms with E-state index in [0.29, 0.717) is 5.56 Å². The van der Waals surface area contributed by atoms with Crippen LogP contribution < -0.4 is 0 Å². The van der Waals surface area contributed by atoms with E-state index in [0.717, 1.165) is 12.1 Å². The van der Waals surface area contributed by atoms with E-state index >= 15 is 0 Å². The van der Waals surface area contributed by atoms with Crippen molar-refractivity contribution in [2.45, 2.75) is 27.4 Å². The van der Waals surface area contributed by atoms with Crippen molar-refractivity contribution in [1.82, 2.24) is 0 Å². The second-order valence-electron chi connectivity index (χ2n) is 4.57. The van der Waals surface area contributed by atoms with E-state index in [1.54, 1.807) is 20.8 Å². The van der Waals surface area contributed by atoms with Gasteiger partial charge in [-0.3, -0.25) is 4.79 Å². The molecule has 0 N–H and O–H groups in total. The molecule has 0 bridgehead atoms. The molecular weight excluding hydrogens is 214 g/mol. The summed E-state index contributed by atoms with van der Waals surface area (Å²) in [7, 11) is 0. The molecule has 88 valence electrons. The molecule has 0 fully saturated rings. The number of benzene rings is 1. The first kappa shape index (κ1) is 12.6. The summed E-state index contributed by atoms with van der Waals surface area (Å²) in [5, 5.41) is 0. The fourth-order valence-electron chi connectivity index (χ4n) is 0.995. The van der Waals surface area contributed by atoms with Crippen LogP contribution in [0.4, 0.5) is 8.78 Å². The molecule has 0 radical (unpaired) electrons. The first-order chi connectivity index (χ1) is 7.30. The number of carbonyl (C=O) groups excluding carboxylic acids is 1. The second-order valence-corrected chi connectivity index (χ2v) is 4.57. The number of halogens is 2. The van der Waals surface area contributed by atoms with Gasteiger partial charge in [0.2, 0.25) is 0 Å². The lowest BCUT2D eigenvalue weighted by Crippen LogP contribution is -2.22. The highest BCUT2D eigenvalue weighted by Gasteiger charge is 2.22. The number of hydrogen-bond donors (Lipinski definition) is 0. The molecule has 0 aliphatic carbocycles. The lowest BCUT2D eigenvalue weighted by molar-refractivity contribution is -0.154. The normalized spacial score (nSPS) is 11.3. The van der Waals surface area contributed by atoms with Crippen LogP contribution in [0.25, 0.3) is 0 Å². The molecule has 0 saturated heterocycles. The van der Waals surface area contributed by atoms with Crippen molar-refractivity contribution in [3.8, 4) is 0 Å². The van der Waals surface area contributed by atoms with Gasteiger partial charge in [0.15, 0.2) is 11.6 Å². The molecule has 0 saturated carbocycles. The van der Waals surface area contributed by atoms with Crippen molar-refractivity contribution in [2.75, 3.05) is 0 Å². The van der Waals surface area contributed by atoms with Crippen molar-refractivity contribution < 1.29 is 18.3 Å². The van der Waals surface area contributed by atoms with Crippen LogP contribution in [-0.4, -0.2) is 5.97 Å². The van der Waals surface area contributed by atoms with Crippen LogP contribution in [0.3, 0.4) is 0 Å². The Hall–Kier alpha value is -1.45. The summed E-state index contributed by atoms with van der Waals surface area (Å²) in [6.45, 7) is 5.12. The topological polar surface area (TPSA) is 26.3 Å². The first-order valence-electron chi connectivity index (χ1n) is 4.92. The minimum absolute atomic E-state index is 0.0483. The molecule has 16 heavy (non-hydrogen) atoms. The first-order valence-corrected chi connectivity index (χ1v) is 4.92. The van der Waals surface area contributed by atoms with Crippen molar-refractivity contribution in [3.05, 3.63) is 35.4 Å². The van der Waals surface area contributed by atoms with E-state index < -0.39 is 17.0 Å². The van der Waals surface area contributed by atoms with E-state index in [1.807, 2.05) is 0 Å². The van der Waals surface area contributed by atoms with E-state index in [4.69, 9.17) is 4.74 Å². The molecule has 0 amide bonds. The minimum Gasteiger partial charge on any atom is -0.460 e. The number of ether oxygens (including phenoxy) is 1. The maximum atomic E-state index is 12.8. The second kappa shape index (κ2) is 4.60. The van der Waals surface area contributed by atoms with Crippen LogP contribution in [0.2, 0.25) is 0 Å². The average Bonchev–Trinajstić information content (AvgIpc) is 2.18. The molecule has 0 aliphatic heterocycles. The molecule has 2 nitrogen and oxygen atoms in total. The Bertz CT molecular complexity index is 394. The molecule has 1 rings (SSSR count). The number of hydrogen-bond acceptors (Lipinski definition) is 2. The van der Waals surface area contributed by atoms with Gasteiger partial charge in [0.25, 0.3) is 0 Å². The smallest absolute Gasteiger partial charge is 0.311 e. The number of esters is 1. The van der Waals surface area contributed by atoms with Crippen molar-refractivity contribution in [2.24, 2.45) is 5.41 Å². The Morgan fingerprint density at radius 3 is 2.38 bits per heavy atom. The van der Waals surface area contributed by atoms with E-state index in [2.05, 4.69) is 0 Å². The van der Waals surface area contributed by atoms with Crippen LogP contribution in [0.5, 0.6) is 0 Å². The van der Waals surface area contributed by atoms with Gasteiger partial charge < -0.3 is 4.74 Å². The van der Waals surface area contributed by atoms with Gasteiger partial charge in [-0.1, -0.05) is 6.07 Å². The quantitative estimate of drug-likeness (QED) is 0.727. The molecule has 4 heteroatoms. The van der Waals surface area contributed by atoms with E-state index in [9.17, 15) is 13.6 Å². The zero-order chi connectivity index (χ0) is 12.3. The van der Waals surface area contributed by atoms with Gasteiger partial charge in [-0.05, 0) is 38.5 Å². The van der Waals surface area contributed by atoms with Crippen LogP contribution >= 0.6 is 0 Å². The Balaban J connectivity index is 2.62. The summed E-state index contributed by atoms with van der Waals surface area (Å²) in [5.41, 5.74) is -0.171. The molecule has 0 unspecified atom stereocenters. The third-order valence-electron chi connectivity index (χ3n) is 1.97. The summed E-state index contributed by atoms with van der Waals surface area (Å²) < 4.78 is 30.4. The molecule has 0 spiro atoms. The summed E-state index contributed by atoms with van der Waals surface area (Å²) in [5.74, 6) is -2.23. The fourth-order valence-corrected chi connectivity index (χ4v) is 0.995. The summed E-state index contributed by atoms with van der Waals surface area (Å²) in [6.07, 6.45) is 0. The standard InChI is InChI=1S/C12H14F2O2/c1-12(2,3)11(15)16-7-8-4-5-9(13)10(14)6-8/h4-6H,7H2,1-3H3. The molecule has 0 atom stereocenters. The summed E-state index contributed by atoms with van der Waals surface area (Å²) in [4.78, 5) is 11.4. The number of rotatable bonds is 2. The largest absolute Gasteiger partial charge is 0.460 e. The SMILES string of the molecule is CC(C)(C)C(=O)OCc1ccc(F)c(F)c1. The van der Waals surface area contributed by atoms with E-state index in [-0.39, 0.29) is 12.6 Å².